The number of pyridine rings is 1. The molecule has 14 heavy (non-hydrogen) atoms. The Bertz CT molecular complexity index is 342. The standard InChI is InChI=1S/C9H11FN2O2/c1-3-11-7-5-4-6(8(10)12-7)9(13)14-2/h4-5H,3H2,1-2H3,(H,11,12). The molecule has 0 atom stereocenters. The average Bonchev–Trinajstić information content (AvgIpc) is 2.17. The van der Waals surface area contributed by atoms with E-state index in [9.17, 15) is 9.18 Å². The van der Waals surface area contributed by atoms with Gasteiger partial charge in [0.2, 0.25) is 5.95 Å². The van der Waals surface area contributed by atoms with E-state index in [1.165, 1.54) is 19.2 Å². The number of esters is 1. The number of nitrogens with one attached hydrogen (secondary N) is 1. The van der Waals surface area contributed by atoms with Crippen molar-refractivity contribution in [2.45, 2.75) is 6.92 Å². The first-order valence-electron chi connectivity index (χ1n) is 4.17. The Morgan fingerprint density at radius 1 is 1.64 bits per heavy atom. The van der Waals surface area contributed by atoms with E-state index in [4.69, 9.17) is 0 Å². The van der Waals surface area contributed by atoms with Gasteiger partial charge < -0.3 is 10.1 Å². The Hall–Kier alpha value is -1.65. The SMILES string of the molecule is CCNc1ccc(C(=O)OC)c(F)n1. The van der Waals surface area contributed by atoms with Crippen LogP contribution < -0.4 is 5.32 Å². The zero-order chi connectivity index (χ0) is 10.6. The van der Waals surface area contributed by atoms with Crippen molar-refractivity contribution in [3.63, 3.8) is 0 Å². The minimum atomic E-state index is -0.824. The zero-order valence-corrected chi connectivity index (χ0v) is 8.00. The first-order valence-corrected chi connectivity index (χ1v) is 4.17. The number of aromatic nitrogens is 1. The van der Waals surface area contributed by atoms with Gasteiger partial charge in [-0.05, 0) is 19.1 Å². The van der Waals surface area contributed by atoms with Crippen molar-refractivity contribution in [2.75, 3.05) is 19.0 Å². The van der Waals surface area contributed by atoms with Crippen molar-refractivity contribution in [3.8, 4) is 0 Å². The summed E-state index contributed by atoms with van der Waals surface area (Å²) in [6.07, 6.45) is 0. The van der Waals surface area contributed by atoms with E-state index in [0.717, 1.165) is 0 Å². The molecule has 76 valence electrons. The number of rotatable bonds is 3. The summed E-state index contributed by atoms with van der Waals surface area (Å²) in [5.41, 5.74) is -0.158. The summed E-state index contributed by atoms with van der Waals surface area (Å²) in [7, 11) is 1.19. The maximum absolute atomic E-state index is 13.2. The Morgan fingerprint density at radius 2 is 2.36 bits per heavy atom. The fourth-order valence-corrected chi connectivity index (χ4v) is 0.976. The van der Waals surface area contributed by atoms with E-state index < -0.39 is 11.9 Å². The van der Waals surface area contributed by atoms with Crippen molar-refractivity contribution in [1.82, 2.24) is 4.98 Å². The van der Waals surface area contributed by atoms with Crippen LogP contribution in [0.15, 0.2) is 12.1 Å². The van der Waals surface area contributed by atoms with Crippen LogP contribution >= 0.6 is 0 Å². The Morgan fingerprint density at radius 3 is 2.86 bits per heavy atom. The lowest BCUT2D eigenvalue weighted by Crippen LogP contribution is -2.08. The number of carbonyl (C=O) groups is 1. The summed E-state index contributed by atoms with van der Waals surface area (Å²) < 4.78 is 17.5. The predicted octanol–water partition coefficient (Wildman–Crippen LogP) is 1.44. The fourth-order valence-electron chi connectivity index (χ4n) is 0.976. The molecule has 0 saturated heterocycles. The van der Waals surface area contributed by atoms with Crippen LogP contribution in [-0.2, 0) is 4.74 Å². The van der Waals surface area contributed by atoms with Gasteiger partial charge in [0, 0.05) is 6.54 Å². The minimum Gasteiger partial charge on any atom is -0.465 e. The minimum absolute atomic E-state index is 0.158. The second-order valence-electron chi connectivity index (χ2n) is 2.56. The first kappa shape index (κ1) is 10.4. The second kappa shape index (κ2) is 4.55. The number of methoxy groups -OCH3 is 1. The van der Waals surface area contributed by atoms with Gasteiger partial charge in [0.1, 0.15) is 11.4 Å². The summed E-state index contributed by atoms with van der Waals surface area (Å²) in [6, 6.07) is 2.87. The first-order chi connectivity index (χ1) is 6.69. The van der Waals surface area contributed by atoms with Crippen LogP contribution in [-0.4, -0.2) is 24.6 Å². The molecule has 0 unspecified atom stereocenters. The van der Waals surface area contributed by atoms with Crippen LogP contribution in [0, 0.1) is 5.95 Å². The van der Waals surface area contributed by atoms with Crippen LogP contribution in [0.4, 0.5) is 10.2 Å². The molecule has 0 aromatic carbocycles. The molecule has 1 aromatic rings. The number of carbonyl (C=O) groups excluding carboxylic acids is 1. The molecule has 0 saturated carbocycles. The summed E-state index contributed by atoms with van der Waals surface area (Å²) in [5.74, 6) is -1.15. The van der Waals surface area contributed by atoms with E-state index in [1.54, 1.807) is 0 Å². The molecule has 5 heteroatoms. The third kappa shape index (κ3) is 2.18. The van der Waals surface area contributed by atoms with Gasteiger partial charge in [-0.1, -0.05) is 0 Å². The third-order valence-corrected chi connectivity index (χ3v) is 1.61. The van der Waals surface area contributed by atoms with Crippen molar-refractivity contribution in [2.24, 2.45) is 0 Å². The highest BCUT2D eigenvalue weighted by Crippen LogP contribution is 2.10. The van der Waals surface area contributed by atoms with Crippen LogP contribution in [0.25, 0.3) is 0 Å². The Labute approximate surface area is 81.1 Å². The van der Waals surface area contributed by atoms with Gasteiger partial charge in [0.25, 0.3) is 0 Å². The molecule has 1 heterocycles. The van der Waals surface area contributed by atoms with Gasteiger partial charge in [-0.25, -0.2) is 9.78 Å². The van der Waals surface area contributed by atoms with Gasteiger partial charge in [-0.3, -0.25) is 0 Å². The molecule has 1 aromatic heterocycles. The molecule has 0 aliphatic heterocycles. The van der Waals surface area contributed by atoms with Crippen LogP contribution in [0.2, 0.25) is 0 Å². The second-order valence-corrected chi connectivity index (χ2v) is 2.56. The van der Waals surface area contributed by atoms with Crippen molar-refractivity contribution in [1.29, 1.82) is 0 Å². The molecule has 0 aliphatic carbocycles. The molecule has 1 N–H and O–H groups in total. The lowest BCUT2D eigenvalue weighted by Gasteiger charge is -2.04. The zero-order valence-electron chi connectivity index (χ0n) is 8.00. The quantitative estimate of drug-likeness (QED) is 0.589. The monoisotopic (exact) mass is 198 g/mol. The van der Waals surface area contributed by atoms with E-state index >= 15 is 0 Å². The molecule has 0 aliphatic rings. The molecular weight excluding hydrogens is 187 g/mol. The lowest BCUT2D eigenvalue weighted by atomic mass is 10.3. The number of nitrogens with zero attached hydrogens (tertiary/aromatic N) is 1. The molecule has 0 radical (unpaired) electrons. The van der Waals surface area contributed by atoms with Crippen molar-refractivity contribution in [3.05, 3.63) is 23.6 Å². The molecule has 0 spiro atoms. The van der Waals surface area contributed by atoms with Crippen molar-refractivity contribution < 1.29 is 13.9 Å². The number of ether oxygens (including phenoxy) is 1. The molecule has 4 nitrogen and oxygen atoms in total. The smallest absolute Gasteiger partial charge is 0.342 e. The normalized spacial score (nSPS) is 9.64. The Kier molecular flexibility index (Phi) is 3.39. The van der Waals surface area contributed by atoms with E-state index in [2.05, 4.69) is 15.0 Å². The molecule has 0 amide bonds. The van der Waals surface area contributed by atoms with E-state index in [0.29, 0.717) is 12.4 Å². The number of halogens is 1. The topological polar surface area (TPSA) is 51.2 Å². The van der Waals surface area contributed by atoms with Gasteiger partial charge in [-0.15, -0.1) is 0 Å². The van der Waals surface area contributed by atoms with E-state index in [1.807, 2.05) is 6.92 Å². The molecule has 0 fully saturated rings. The largest absolute Gasteiger partial charge is 0.465 e. The van der Waals surface area contributed by atoms with Crippen LogP contribution in [0.5, 0.6) is 0 Å². The molecule has 0 bridgehead atoms. The summed E-state index contributed by atoms with van der Waals surface area (Å²) in [5, 5.41) is 2.83. The Balaban J connectivity index is 2.95. The van der Waals surface area contributed by atoms with Gasteiger partial charge >= 0.3 is 5.97 Å². The molecular formula is C9H11FN2O2. The van der Waals surface area contributed by atoms with Gasteiger partial charge in [0.05, 0.1) is 7.11 Å². The number of hydrogen-bond acceptors (Lipinski definition) is 4. The highest BCUT2D eigenvalue weighted by molar-refractivity contribution is 5.89. The average molecular weight is 198 g/mol. The van der Waals surface area contributed by atoms with Crippen LogP contribution in [0.1, 0.15) is 17.3 Å². The molecule has 1 rings (SSSR count). The number of hydrogen-bond donors (Lipinski definition) is 1. The summed E-state index contributed by atoms with van der Waals surface area (Å²) in [6.45, 7) is 2.51. The van der Waals surface area contributed by atoms with Crippen molar-refractivity contribution >= 4 is 11.8 Å². The maximum Gasteiger partial charge on any atom is 0.342 e. The van der Waals surface area contributed by atoms with Crippen LogP contribution in [0.3, 0.4) is 0 Å². The number of anilines is 1. The van der Waals surface area contributed by atoms with Gasteiger partial charge in [-0.2, -0.15) is 4.39 Å². The lowest BCUT2D eigenvalue weighted by molar-refractivity contribution is 0.0594. The highest BCUT2D eigenvalue weighted by Gasteiger charge is 2.13. The highest BCUT2D eigenvalue weighted by atomic mass is 19.1. The fraction of sp³-hybridized carbons (Fsp3) is 0.333. The third-order valence-electron chi connectivity index (χ3n) is 1.61. The summed E-state index contributed by atoms with van der Waals surface area (Å²) >= 11 is 0. The van der Waals surface area contributed by atoms with E-state index in [-0.39, 0.29) is 5.56 Å². The predicted molar refractivity (Wildman–Crippen MR) is 49.7 cm³/mol. The maximum atomic E-state index is 13.2. The summed E-state index contributed by atoms with van der Waals surface area (Å²) in [4.78, 5) is 14.5. The van der Waals surface area contributed by atoms with Gasteiger partial charge in [0.15, 0.2) is 0 Å².